The first-order valence-electron chi connectivity index (χ1n) is 5.27. The maximum atomic E-state index is 11.3. The van der Waals surface area contributed by atoms with Crippen LogP contribution in [0.25, 0.3) is 0 Å². The lowest BCUT2D eigenvalue weighted by Crippen LogP contribution is -2.39. The maximum absolute atomic E-state index is 11.3. The SMILES string of the molecule is CCSCC(C)NCC(=O)NCCOC. The smallest absolute Gasteiger partial charge is 0.234 e. The van der Waals surface area contributed by atoms with Crippen LogP contribution in [0.1, 0.15) is 13.8 Å². The molecular formula is C10H22N2O2S. The number of hydrogen-bond donors (Lipinski definition) is 2. The van der Waals surface area contributed by atoms with Crippen LogP contribution < -0.4 is 10.6 Å². The molecule has 0 saturated carbocycles. The summed E-state index contributed by atoms with van der Waals surface area (Å²) in [5.41, 5.74) is 0. The first kappa shape index (κ1) is 14.7. The zero-order valence-electron chi connectivity index (χ0n) is 9.84. The monoisotopic (exact) mass is 234 g/mol. The highest BCUT2D eigenvalue weighted by Gasteiger charge is 2.04. The number of nitrogens with one attached hydrogen (secondary N) is 2. The highest BCUT2D eigenvalue weighted by atomic mass is 32.2. The van der Waals surface area contributed by atoms with E-state index in [-0.39, 0.29) is 5.91 Å². The number of hydrogen-bond acceptors (Lipinski definition) is 4. The van der Waals surface area contributed by atoms with Crippen molar-refractivity contribution in [3.8, 4) is 0 Å². The molecule has 0 aliphatic heterocycles. The number of rotatable bonds is 9. The number of ether oxygens (including phenoxy) is 1. The second-order valence-electron chi connectivity index (χ2n) is 3.28. The molecule has 1 amide bonds. The lowest BCUT2D eigenvalue weighted by Gasteiger charge is -2.12. The number of thioether (sulfide) groups is 1. The molecule has 0 fully saturated rings. The van der Waals surface area contributed by atoms with Gasteiger partial charge in [0.2, 0.25) is 5.91 Å². The van der Waals surface area contributed by atoms with E-state index in [4.69, 9.17) is 4.74 Å². The molecule has 4 nitrogen and oxygen atoms in total. The van der Waals surface area contributed by atoms with Crippen LogP contribution in [-0.2, 0) is 9.53 Å². The van der Waals surface area contributed by atoms with Gasteiger partial charge in [-0.3, -0.25) is 4.79 Å². The Balaban J connectivity index is 3.36. The molecule has 0 rings (SSSR count). The molecule has 0 aromatic heterocycles. The number of carbonyl (C=O) groups excluding carboxylic acids is 1. The minimum absolute atomic E-state index is 0.0281. The Hall–Kier alpha value is -0.260. The second kappa shape index (κ2) is 10.3. The van der Waals surface area contributed by atoms with Crippen molar-refractivity contribution in [3.05, 3.63) is 0 Å². The molecule has 0 aliphatic carbocycles. The zero-order chi connectivity index (χ0) is 11.5. The maximum Gasteiger partial charge on any atom is 0.234 e. The molecule has 1 unspecified atom stereocenters. The third kappa shape index (κ3) is 10.0. The standard InChI is InChI=1S/C10H22N2O2S/c1-4-15-8-9(2)12-7-10(13)11-5-6-14-3/h9,12H,4-8H2,1-3H3,(H,11,13). The van der Waals surface area contributed by atoms with Gasteiger partial charge < -0.3 is 15.4 Å². The molecule has 15 heavy (non-hydrogen) atoms. The summed E-state index contributed by atoms with van der Waals surface area (Å²) in [6, 6.07) is 0.378. The summed E-state index contributed by atoms with van der Waals surface area (Å²) in [6.07, 6.45) is 0. The van der Waals surface area contributed by atoms with E-state index in [1.807, 2.05) is 11.8 Å². The summed E-state index contributed by atoms with van der Waals surface area (Å²) in [7, 11) is 1.62. The van der Waals surface area contributed by atoms with Crippen LogP contribution >= 0.6 is 11.8 Å². The first-order chi connectivity index (χ1) is 7.20. The number of carbonyl (C=O) groups is 1. The van der Waals surface area contributed by atoms with Crippen LogP contribution in [0.3, 0.4) is 0 Å². The average molecular weight is 234 g/mol. The quantitative estimate of drug-likeness (QED) is 0.570. The van der Waals surface area contributed by atoms with Gasteiger partial charge in [-0.05, 0) is 12.7 Å². The Kier molecular flexibility index (Phi) is 10.1. The molecule has 0 saturated heterocycles. The lowest BCUT2D eigenvalue weighted by molar-refractivity contribution is -0.120. The largest absolute Gasteiger partial charge is 0.383 e. The number of methoxy groups -OCH3 is 1. The molecule has 0 spiro atoms. The van der Waals surface area contributed by atoms with Crippen molar-refractivity contribution < 1.29 is 9.53 Å². The van der Waals surface area contributed by atoms with E-state index in [2.05, 4.69) is 24.5 Å². The Labute approximate surface area is 96.5 Å². The van der Waals surface area contributed by atoms with Gasteiger partial charge in [0.1, 0.15) is 0 Å². The Morgan fingerprint density at radius 1 is 1.53 bits per heavy atom. The fourth-order valence-electron chi connectivity index (χ4n) is 0.975. The highest BCUT2D eigenvalue weighted by molar-refractivity contribution is 7.99. The summed E-state index contributed by atoms with van der Waals surface area (Å²) >= 11 is 1.88. The highest BCUT2D eigenvalue weighted by Crippen LogP contribution is 2.00. The summed E-state index contributed by atoms with van der Waals surface area (Å²) < 4.78 is 4.83. The predicted octanol–water partition coefficient (Wildman–Crippen LogP) is 0.480. The topological polar surface area (TPSA) is 50.4 Å². The molecular weight excluding hydrogens is 212 g/mol. The van der Waals surface area contributed by atoms with E-state index in [1.165, 1.54) is 0 Å². The van der Waals surface area contributed by atoms with Gasteiger partial charge in [-0.2, -0.15) is 11.8 Å². The molecule has 1 atom stereocenters. The van der Waals surface area contributed by atoms with Crippen molar-refractivity contribution in [2.45, 2.75) is 19.9 Å². The molecule has 0 bridgehead atoms. The molecule has 5 heteroatoms. The van der Waals surface area contributed by atoms with E-state index >= 15 is 0 Å². The van der Waals surface area contributed by atoms with Gasteiger partial charge in [0, 0.05) is 25.4 Å². The van der Waals surface area contributed by atoms with Crippen LogP contribution in [0.2, 0.25) is 0 Å². The van der Waals surface area contributed by atoms with Crippen molar-refractivity contribution in [2.24, 2.45) is 0 Å². The van der Waals surface area contributed by atoms with Crippen molar-refractivity contribution in [2.75, 3.05) is 38.3 Å². The molecule has 0 aromatic carbocycles. The van der Waals surface area contributed by atoms with Crippen molar-refractivity contribution >= 4 is 17.7 Å². The zero-order valence-corrected chi connectivity index (χ0v) is 10.7. The first-order valence-corrected chi connectivity index (χ1v) is 6.43. The van der Waals surface area contributed by atoms with Gasteiger partial charge in [-0.15, -0.1) is 0 Å². The van der Waals surface area contributed by atoms with Gasteiger partial charge in [-0.1, -0.05) is 6.92 Å². The van der Waals surface area contributed by atoms with Gasteiger partial charge in [0.25, 0.3) is 0 Å². The molecule has 0 aliphatic rings. The predicted molar refractivity (Wildman–Crippen MR) is 65.3 cm³/mol. The Morgan fingerprint density at radius 3 is 2.87 bits per heavy atom. The fourth-order valence-corrected chi connectivity index (χ4v) is 1.68. The van der Waals surface area contributed by atoms with Gasteiger partial charge >= 0.3 is 0 Å². The summed E-state index contributed by atoms with van der Waals surface area (Å²) in [4.78, 5) is 11.3. The van der Waals surface area contributed by atoms with E-state index < -0.39 is 0 Å². The van der Waals surface area contributed by atoms with E-state index in [0.717, 1.165) is 11.5 Å². The second-order valence-corrected chi connectivity index (χ2v) is 4.60. The number of amides is 1. The minimum atomic E-state index is 0.0281. The molecule has 2 N–H and O–H groups in total. The summed E-state index contributed by atoms with van der Waals surface area (Å²) in [5.74, 6) is 2.19. The van der Waals surface area contributed by atoms with Crippen molar-refractivity contribution in [1.82, 2.24) is 10.6 Å². The van der Waals surface area contributed by atoms with Crippen LogP contribution in [0, 0.1) is 0 Å². The minimum Gasteiger partial charge on any atom is -0.383 e. The third-order valence-electron chi connectivity index (χ3n) is 1.81. The summed E-state index contributed by atoms with van der Waals surface area (Å²) in [5, 5.41) is 5.93. The fraction of sp³-hybridized carbons (Fsp3) is 0.900. The lowest BCUT2D eigenvalue weighted by atomic mass is 10.4. The molecule has 0 aromatic rings. The van der Waals surface area contributed by atoms with E-state index in [1.54, 1.807) is 7.11 Å². The summed E-state index contributed by atoms with van der Waals surface area (Å²) in [6.45, 7) is 5.75. The van der Waals surface area contributed by atoms with Gasteiger partial charge in [-0.25, -0.2) is 0 Å². The van der Waals surface area contributed by atoms with Crippen LogP contribution in [-0.4, -0.2) is 50.3 Å². The van der Waals surface area contributed by atoms with Crippen LogP contribution in [0.5, 0.6) is 0 Å². The van der Waals surface area contributed by atoms with Crippen molar-refractivity contribution in [3.63, 3.8) is 0 Å². The van der Waals surface area contributed by atoms with Gasteiger partial charge in [0.05, 0.1) is 13.2 Å². The van der Waals surface area contributed by atoms with Gasteiger partial charge in [0.15, 0.2) is 0 Å². The average Bonchev–Trinajstić information content (AvgIpc) is 2.24. The van der Waals surface area contributed by atoms with E-state index in [0.29, 0.717) is 25.7 Å². The van der Waals surface area contributed by atoms with Crippen LogP contribution in [0.15, 0.2) is 0 Å². The normalized spacial score (nSPS) is 12.5. The third-order valence-corrected chi connectivity index (χ3v) is 2.96. The molecule has 90 valence electrons. The molecule has 0 heterocycles. The van der Waals surface area contributed by atoms with Crippen LogP contribution in [0.4, 0.5) is 0 Å². The molecule has 0 radical (unpaired) electrons. The van der Waals surface area contributed by atoms with Crippen molar-refractivity contribution in [1.29, 1.82) is 0 Å². The Morgan fingerprint density at radius 2 is 2.27 bits per heavy atom. The Bertz CT molecular complexity index is 168. The van der Waals surface area contributed by atoms with E-state index in [9.17, 15) is 4.79 Å².